The maximum absolute atomic E-state index is 5.28. The lowest BCUT2D eigenvalue weighted by Gasteiger charge is -2.13. The highest BCUT2D eigenvalue weighted by atomic mass is 79.9. The number of methoxy groups -OCH3 is 2. The third kappa shape index (κ3) is 2.85. The molecule has 0 saturated carbocycles. The van der Waals surface area contributed by atoms with Crippen molar-refractivity contribution in [3.63, 3.8) is 0 Å². The first-order valence-electron chi connectivity index (χ1n) is 5.66. The average Bonchev–Trinajstić information content (AvgIpc) is 2.46. The summed E-state index contributed by atoms with van der Waals surface area (Å²) in [4.78, 5) is 0.127. The SMILES string of the molecule is COc1cc(OC)cc(C(Br)c2ccccc2)c1. The molecule has 0 fully saturated rings. The van der Waals surface area contributed by atoms with E-state index in [4.69, 9.17) is 9.47 Å². The molecule has 0 spiro atoms. The third-order valence-corrected chi connectivity index (χ3v) is 3.82. The maximum Gasteiger partial charge on any atom is 0.122 e. The Morgan fingerprint density at radius 1 is 0.833 bits per heavy atom. The van der Waals surface area contributed by atoms with Crippen LogP contribution in [0.5, 0.6) is 11.5 Å². The summed E-state index contributed by atoms with van der Waals surface area (Å²) in [6.45, 7) is 0. The van der Waals surface area contributed by atoms with E-state index in [1.54, 1.807) is 14.2 Å². The molecule has 0 aliphatic rings. The van der Waals surface area contributed by atoms with E-state index in [0.717, 1.165) is 17.1 Å². The number of hydrogen-bond donors (Lipinski definition) is 0. The van der Waals surface area contributed by atoms with E-state index in [1.165, 1.54) is 5.56 Å². The third-order valence-electron chi connectivity index (χ3n) is 2.76. The molecule has 0 aromatic heterocycles. The predicted octanol–water partition coefficient (Wildman–Crippen LogP) is 4.19. The smallest absolute Gasteiger partial charge is 0.122 e. The first-order chi connectivity index (χ1) is 8.74. The first kappa shape index (κ1) is 13.0. The van der Waals surface area contributed by atoms with Gasteiger partial charge in [-0.05, 0) is 23.3 Å². The molecule has 2 nitrogen and oxygen atoms in total. The summed E-state index contributed by atoms with van der Waals surface area (Å²) >= 11 is 3.71. The molecule has 0 saturated heterocycles. The van der Waals surface area contributed by atoms with E-state index in [-0.39, 0.29) is 4.83 Å². The average molecular weight is 307 g/mol. The van der Waals surface area contributed by atoms with Crippen LogP contribution in [0.2, 0.25) is 0 Å². The maximum atomic E-state index is 5.28. The van der Waals surface area contributed by atoms with Crippen LogP contribution >= 0.6 is 15.9 Å². The van der Waals surface area contributed by atoms with E-state index >= 15 is 0 Å². The van der Waals surface area contributed by atoms with Gasteiger partial charge in [0.1, 0.15) is 11.5 Å². The summed E-state index contributed by atoms with van der Waals surface area (Å²) in [5.74, 6) is 1.59. The lowest BCUT2D eigenvalue weighted by atomic mass is 10.0. The molecule has 0 bridgehead atoms. The van der Waals surface area contributed by atoms with E-state index in [0.29, 0.717) is 0 Å². The highest BCUT2D eigenvalue weighted by Crippen LogP contribution is 2.35. The van der Waals surface area contributed by atoms with Gasteiger partial charge < -0.3 is 9.47 Å². The second-order valence-electron chi connectivity index (χ2n) is 3.92. The summed E-state index contributed by atoms with van der Waals surface area (Å²) in [6, 6.07) is 16.1. The van der Waals surface area contributed by atoms with Crippen LogP contribution in [0.15, 0.2) is 48.5 Å². The van der Waals surface area contributed by atoms with Crippen LogP contribution in [0.1, 0.15) is 16.0 Å². The number of benzene rings is 2. The summed E-state index contributed by atoms with van der Waals surface area (Å²) in [5.41, 5.74) is 2.31. The van der Waals surface area contributed by atoms with Crippen molar-refractivity contribution in [2.24, 2.45) is 0 Å². The van der Waals surface area contributed by atoms with Gasteiger partial charge in [-0.1, -0.05) is 46.3 Å². The minimum atomic E-state index is 0.127. The summed E-state index contributed by atoms with van der Waals surface area (Å²) in [7, 11) is 3.31. The molecule has 0 amide bonds. The van der Waals surface area contributed by atoms with Gasteiger partial charge in [0.15, 0.2) is 0 Å². The lowest BCUT2D eigenvalue weighted by Crippen LogP contribution is -1.95. The van der Waals surface area contributed by atoms with Crippen LogP contribution in [0.3, 0.4) is 0 Å². The molecule has 3 heteroatoms. The van der Waals surface area contributed by atoms with Crippen molar-refractivity contribution in [2.45, 2.75) is 4.83 Å². The zero-order valence-corrected chi connectivity index (χ0v) is 12.0. The Morgan fingerprint density at radius 3 is 1.89 bits per heavy atom. The molecule has 2 rings (SSSR count). The molecule has 2 aromatic carbocycles. The van der Waals surface area contributed by atoms with Gasteiger partial charge in [-0.15, -0.1) is 0 Å². The Hall–Kier alpha value is -1.48. The fraction of sp³-hybridized carbons (Fsp3) is 0.200. The molecule has 0 aliphatic carbocycles. The van der Waals surface area contributed by atoms with Crippen LogP contribution in [0.25, 0.3) is 0 Å². The predicted molar refractivity (Wildman–Crippen MR) is 76.8 cm³/mol. The molecule has 0 heterocycles. The normalized spacial score (nSPS) is 11.9. The number of rotatable bonds is 4. The van der Waals surface area contributed by atoms with Gasteiger partial charge in [-0.2, -0.15) is 0 Å². The van der Waals surface area contributed by atoms with E-state index < -0.39 is 0 Å². The van der Waals surface area contributed by atoms with Crippen molar-refractivity contribution < 1.29 is 9.47 Å². The number of alkyl halides is 1. The Morgan fingerprint density at radius 2 is 1.39 bits per heavy atom. The van der Waals surface area contributed by atoms with Gasteiger partial charge in [-0.3, -0.25) is 0 Å². The fourth-order valence-corrected chi connectivity index (χ4v) is 2.36. The number of hydrogen-bond acceptors (Lipinski definition) is 2. The standard InChI is InChI=1S/C15H15BrO2/c1-17-13-8-12(9-14(10-13)18-2)15(16)11-6-4-3-5-7-11/h3-10,15H,1-2H3. The molecular formula is C15H15BrO2. The second kappa shape index (κ2) is 5.91. The van der Waals surface area contributed by atoms with Gasteiger partial charge in [0.25, 0.3) is 0 Å². The Balaban J connectivity index is 2.38. The topological polar surface area (TPSA) is 18.5 Å². The molecule has 2 aromatic rings. The summed E-state index contributed by atoms with van der Waals surface area (Å²) < 4.78 is 10.6. The van der Waals surface area contributed by atoms with Crippen LogP contribution in [-0.2, 0) is 0 Å². The number of halogens is 1. The fourth-order valence-electron chi connectivity index (χ4n) is 1.79. The molecule has 18 heavy (non-hydrogen) atoms. The summed E-state index contributed by atoms with van der Waals surface area (Å²) in [6.07, 6.45) is 0. The zero-order chi connectivity index (χ0) is 13.0. The first-order valence-corrected chi connectivity index (χ1v) is 6.58. The van der Waals surface area contributed by atoms with Gasteiger partial charge in [0.2, 0.25) is 0 Å². The molecule has 0 radical (unpaired) electrons. The Kier molecular flexibility index (Phi) is 4.26. The van der Waals surface area contributed by atoms with Crippen molar-refractivity contribution in [1.29, 1.82) is 0 Å². The molecule has 1 unspecified atom stereocenters. The minimum Gasteiger partial charge on any atom is -0.497 e. The molecule has 0 aliphatic heterocycles. The van der Waals surface area contributed by atoms with Crippen LogP contribution < -0.4 is 9.47 Å². The van der Waals surface area contributed by atoms with Crippen molar-refractivity contribution >= 4 is 15.9 Å². The van der Waals surface area contributed by atoms with Gasteiger partial charge >= 0.3 is 0 Å². The van der Waals surface area contributed by atoms with Crippen LogP contribution in [0.4, 0.5) is 0 Å². The van der Waals surface area contributed by atoms with Gasteiger partial charge in [0, 0.05) is 6.07 Å². The van der Waals surface area contributed by atoms with Crippen molar-refractivity contribution in [1.82, 2.24) is 0 Å². The second-order valence-corrected chi connectivity index (χ2v) is 4.83. The minimum absolute atomic E-state index is 0.127. The van der Waals surface area contributed by atoms with Crippen molar-refractivity contribution in [3.8, 4) is 11.5 Å². The summed E-state index contributed by atoms with van der Waals surface area (Å²) in [5, 5.41) is 0. The van der Waals surface area contributed by atoms with E-state index in [9.17, 15) is 0 Å². The van der Waals surface area contributed by atoms with E-state index in [2.05, 4.69) is 28.1 Å². The monoisotopic (exact) mass is 306 g/mol. The molecule has 94 valence electrons. The lowest BCUT2D eigenvalue weighted by molar-refractivity contribution is 0.393. The number of ether oxygens (including phenoxy) is 2. The quantitative estimate of drug-likeness (QED) is 0.789. The van der Waals surface area contributed by atoms with E-state index in [1.807, 2.05) is 36.4 Å². The van der Waals surface area contributed by atoms with Crippen molar-refractivity contribution in [3.05, 3.63) is 59.7 Å². The Labute approximate surface area is 116 Å². The van der Waals surface area contributed by atoms with Crippen LogP contribution in [-0.4, -0.2) is 14.2 Å². The molecule has 0 N–H and O–H groups in total. The van der Waals surface area contributed by atoms with Crippen molar-refractivity contribution in [2.75, 3.05) is 14.2 Å². The van der Waals surface area contributed by atoms with Gasteiger partial charge in [-0.25, -0.2) is 0 Å². The largest absolute Gasteiger partial charge is 0.497 e. The van der Waals surface area contributed by atoms with Gasteiger partial charge in [0.05, 0.1) is 19.0 Å². The highest BCUT2D eigenvalue weighted by molar-refractivity contribution is 9.09. The Bertz CT molecular complexity index is 489. The molecular weight excluding hydrogens is 292 g/mol. The molecule has 1 atom stereocenters. The zero-order valence-electron chi connectivity index (χ0n) is 10.4. The highest BCUT2D eigenvalue weighted by Gasteiger charge is 2.12. The van der Waals surface area contributed by atoms with Crippen LogP contribution in [0, 0.1) is 0 Å².